The largest absolute Gasteiger partial charge is 0.310 e. The Morgan fingerprint density at radius 3 is 1.52 bits per heavy atom. The topological polar surface area (TPSA) is 3.24 Å². The lowest BCUT2D eigenvalue weighted by Gasteiger charge is -2.44. The molecule has 0 radical (unpaired) electrons. The van der Waals surface area contributed by atoms with Gasteiger partial charge in [-0.2, -0.15) is 0 Å². The van der Waals surface area contributed by atoms with E-state index >= 15 is 0 Å². The van der Waals surface area contributed by atoms with E-state index in [9.17, 15) is 0 Å². The Hall–Kier alpha value is -6.44. The zero-order chi connectivity index (χ0) is 43.9. The van der Waals surface area contributed by atoms with Crippen LogP contribution in [0.15, 0.2) is 170 Å². The van der Waals surface area contributed by atoms with Gasteiger partial charge in [0.2, 0.25) is 0 Å². The smallest absolute Gasteiger partial charge is 0.0726 e. The Balaban J connectivity index is 1.25. The fourth-order valence-electron chi connectivity index (χ4n) is 12.9. The minimum Gasteiger partial charge on any atom is -0.310 e. The van der Waals surface area contributed by atoms with Crippen molar-refractivity contribution in [3.05, 3.63) is 220 Å². The Morgan fingerprint density at radius 1 is 0.391 bits per heavy atom. The summed E-state index contributed by atoms with van der Waals surface area (Å²) in [5, 5.41) is 0. The summed E-state index contributed by atoms with van der Waals surface area (Å²) in [5.74, 6) is 0.318. The van der Waals surface area contributed by atoms with E-state index < -0.39 is 5.41 Å². The molecule has 0 aliphatic heterocycles. The highest BCUT2D eigenvalue weighted by Crippen LogP contribution is 2.65. The molecule has 4 aliphatic rings. The number of benzene rings is 8. The van der Waals surface area contributed by atoms with Crippen molar-refractivity contribution in [2.24, 2.45) is 0 Å². The van der Waals surface area contributed by atoms with Crippen molar-refractivity contribution in [2.75, 3.05) is 4.90 Å². The van der Waals surface area contributed by atoms with Crippen LogP contribution in [-0.2, 0) is 21.7 Å². The van der Waals surface area contributed by atoms with Crippen LogP contribution in [0.2, 0.25) is 0 Å². The first-order valence-corrected chi connectivity index (χ1v) is 23.6. The van der Waals surface area contributed by atoms with Gasteiger partial charge in [0.15, 0.2) is 0 Å². The van der Waals surface area contributed by atoms with Crippen molar-refractivity contribution in [3.63, 3.8) is 0 Å². The first-order valence-electron chi connectivity index (χ1n) is 23.6. The molecule has 1 nitrogen and oxygen atoms in total. The normalized spacial score (nSPS) is 17.0. The molecule has 0 heterocycles. The molecule has 1 spiro atoms. The molecule has 1 heteroatoms. The molecule has 4 aliphatic carbocycles. The maximum atomic E-state index is 2.65. The van der Waals surface area contributed by atoms with Gasteiger partial charge >= 0.3 is 0 Å². The van der Waals surface area contributed by atoms with Gasteiger partial charge in [0.05, 0.1) is 11.1 Å². The average Bonchev–Trinajstić information content (AvgIpc) is 3.86. The van der Waals surface area contributed by atoms with Gasteiger partial charge in [0, 0.05) is 22.4 Å². The monoisotopic (exact) mass is 827 g/mol. The van der Waals surface area contributed by atoms with Gasteiger partial charge in [-0.05, 0) is 155 Å². The van der Waals surface area contributed by atoms with Crippen molar-refractivity contribution in [3.8, 4) is 44.5 Å². The summed E-state index contributed by atoms with van der Waals surface area (Å²) in [7, 11) is 0. The third-order valence-corrected chi connectivity index (χ3v) is 16.1. The highest BCUT2D eigenvalue weighted by Gasteiger charge is 2.52. The van der Waals surface area contributed by atoms with E-state index in [0.717, 1.165) is 12.1 Å². The summed E-state index contributed by atoms with van der Waals surface area (Å²) < 4.78 is 0. The van der Waals surface area contributed by atoms with Crippen molar-refractivity contribution in [1.29, 1.82) is 0 Å². The SMILES string of the molecule is CC(C)c1ccc2c(c1-c1cc3c(cc1N(c1ccccc1)c1ccc4c(c1)C(C)(C)c1ccccc1-4)C1(c4ccccc4-c4ccccc41)c1ccccc1-3)C(C)(C)CCC2(C)C. The second-order valence-electron chi connectivity index (χ2n) is 21.2. The molecular weight excluding hydrogens is 771 g/mol. The quantitative estimate of drug-likeness (QED) is 0.167. The molecule has 8 aromatic rings. The number of rotatable bonds is 5. The first kappa shape index (κ1) is 39.2. The minimum absolute atomic E-state index is 0.0230. The Morgan fingerprint density at radius 2 is 0.906 bits per heavy atom. The zero-order valence-corrected chi connectivity index (χ0v) is 38.6. The summed E-state index contributed by atoms with van der Waals surface area (Å²) in [4.78, 5) is 2.61. The molecule has 64 heavy (non-hydrogen) atoms. The van der Waals surface area contributed by atoms with E-state index in [1.807, 2.05) is 0 Å². The Bertz CT molecular complexity index is 3180. The molecule has 0 fully saturated rings. The molecule has 8 aromatic carbocycles. The molecule has 12 rings (SSSR count). The van der Waals surface area contributed by atoms with Crippen molar-refractivity contribution >= 4 is 17.1 Å². The van der Waals surface area contributed by atoms with Crippen LogP contribution in [0.3, 0.4) is 0 Å². The first-order chi connectivity index (χ1) is 30.8. The maximum Gasteiger partial charge on any atom is 0.0726 e. The molecule has 314 valence electrons. The minimum atomic E-state index is -0.478. The van der Waals surface area contributed by atoms with Gasteiger partial charge in [-0.3, -0.25) is 0 Å². The van der Waals surface area contributed by atoms with E-state index in [-0.39, 0.29) is 16.2 Å². The summed E-state index contributed by atoms with van der Waals surface area (Å²) in [6.45, 7) is 19.6. The van der Waals surface area contributed by atoms with Crippen LogP contribution >= 0.6 is 0 Å². The van der Waals surface area contributed by atoms with E-state index in [4.69, 9.17) is 0 Å². The van der Waals surface area contributed by atoms with Gasteiger partial charge in [-0.15, -0.1) is 0 Å². The third-order valence-electron chi connectivity index (χ3n) is 16.1. The van der Waals surface area contributed by atoms with Crippen LogP contribution in [0.4, 0.5) is 17.1 Å². The third kappa shape index (κ3) is 5.19. The molecule has 0 atom stereocenters. The fourth-order valence-corrected chi connectivity index (χ4v) is 12.9. The number of fused-ring (bicyclic) bond motifs is 14. The Labute approximate surface area is 380 Å². The van der Waals surface area contributed by atoms with Gasteiger partial charge < -0.3 is 4.90 Å². The molecule has 0 N–H and O–H groups in total. The molecule has 0 bridgehead atoms. The number of anilines is 3. The average molecular weight is 828 g/mol. The van der Waals surface area contributed by atoms with Crippen molar-refractivity contribution in [1.82, 2.24) is 0 Å². The van der Waals surface area contributed by atoms with Crippen LogP contribution < -0.4 is 4.90 Å². The van der Waals surface area contributed by atoms with Crippen molar-refractivity contribution in [2.45, 2.75) is 95.8 Å². The second-order valence-corrected chi connectivity index (χ2v) is 21.2. The molecular formula is C63H57N. The number of para-hydroxylation sites is 1. The number of nitrogens with zero attached hydrogens (tertiary/aromatic N) is 1. The predicted molar refractivity (Wildman–Crippen MR) is 270 cm³/mol. The van der Waals surface area contributed by atoms with Gasteiger partial charge in [0.1, 0.15) is 0 Å². The number of hydrogen-bond donors (Lipinski definition) is 0. The highest BCUT2D eigenvalue weighted by molar-refractivity contribution is 6.01. The van der Waals surface area contributed by atoms with Crippen LogP contribution in [0.1, 0.15) is 124 Å². The summed E-state index contributed by atoms with van der Waals surface area (Å²) in [6, 6.07) is 65.5. The lowest BCUT2D eigenvalue weighted by atomic mass is 9.60. The van der Waals surface area contributed by atoms with E-state index in [1.165, 1.54) is 112 Å². The van der Waals surface area contributed by atoms with Gasteiger partial charge in [-0.25, -0.2) is 0 Å². The van der Waals surface area contributed by atoms with E-state index in [1.54, 1.807) is 0 Å². The lowest BCUT2D eigenvalue weighted by molar-refractivity contribution is 0.332. The maximum absolute atomic E-state index is 2.65. The standard InChI is InChI=1S/C63H57N/c1-39(2)42-32-33-54-59(61(5,6)35-34-60(54,3)4)58(42)49-37-48-46-25-15-19-29-53(46)63(51-27-17-13-23-44(51)45-24-14-18-28-52(45)63)56(48)38-57(49)64(40-20-10-9-11-21-40)41-30-31-47-43-22-12-16-26-50(43)62(7,8)55(47)36-41/h9-33,36-39H,34-35H2,1-8H3. The fraction of sp³-hybridized carbons (Fsp3) is 0.238. The van der Waals surface area contributed by atoms with Crippen LogP contribution in [0.5, 0.6) is 0 Å². The van der Waals surface area contributed by atoms with Gasteiger partial charge in [0.25, 0.3) is 0 Å². The molecule has 0 aromatic heterocycles. The van der Waals surface area contributed by atoms with E-state index in [2.05, 4.69) is 230 Å². The summed E-state index contributed by atoms with van der Waals surface area (Å²) >= 11 is 0. The molecule has 0 unspecified atom stereocenters. The molecule has 0 amide bonds. The molecule has 0 saturated carbocycles. The lowest BCUT2D eigenvalue weighted by Crippen LogP contribution is -2.35. The zero-order valence-electron chi connectivity index (χ0n) is 38.6. The van der Waals surface area contributed by atoms with Gasteiger partial charge in [-0.1, -0.05) is 189 Å². The number of hydrogen-bond acceptors (Lipinski definition) is 1. The van der Waals surface area contributed by atoms with Crippen LogP contribution in [0, 0.1) is 0 Å². The van der Waals surface area contributed by atoms with Crippen LogP contribution in [-0.4, -0.2) is 0 Å². The summed E-state index contributed by atoms with van der Waals surface area (Å²) in [5.41, 5.74) is 26.4. The predicted octanol–water partition coefficient (Wildman–Crippen LogP) is 16.9. The Kier molecular flexibility index (Phi) is 8.29. The van der Waals surface area contributed by atoms with Crippen LogP contribution in [0.25, 0.3) is 44.5 Å². The van der Waals surface area contributed by atoms with Crippen molar-refractivity contribution < 1.29 is 0 Å². The highest BCUT2D eigenvalue weighted by atomic mass is 15.1. The molecule has 0 saturated heterocycles. The summed E-state index contributed by atoms with van der Waals surface area (Å²) in [6.07, 6.45) is 2.31. The second kappa shape index (κ2) is 13.5. The van der Waals surface area contributed by atoms with E-state index in [0.29, 0.717) is 5.92 Å².